The highest BCUT2D eigenvalue weighted by atomic mass is 16.6. The normalized spacial score (nSPS) is 34.2. The summed E-state index contributed by atoms with van der Waals surface area (Å²) in [5.74, 6) is 3.13. The van der Waals surface area contributed by atoms with Crippen molar-refractivity contribution in [2.45, 2.75) is 131 Å². The molecule has 5 rings (SSSR count). The molecule has 0 heterocycles. The number of carboxylic acid groups (broad SMARTS) is 1. The van der Waals surface area contributed by atoms with Crippen molar-refractivity contribution in [1.29, 1.82) is 0 Å². The highest BCUT2D eigenvalue weighted by molar-refractivity contribution is 5.93. The molecule has 0 bridgehead atoms. The maximum absolute atomic E-state index is 12.7. The SMILES string of the molecule is CC(=O)Oc1cccc(C(=O)O)c1OC(=O)CCC(C)CCC[C@@H](C)[C@H]1CC[C@H]2[C@@H]3CCC4CCCC[C@]4(C)[C@H]3CC[C@]12C. The van der Waals surface area contributed by atoms with Crippen LogP contribution in [0.25, 0.3) is 0 Å². The number of fused-ring (bicyclic) bond motifs is 5. The van der Waals surface area contributed by atoms with Crippen molar-refractivity contribution in [3.05, 3.63) is 23.8 Å². The zero-order valence-electron chi connectivity index (χ0n) is 27.9. The fourth-order valence-corrected chi connectivity index (χ4v) is 11.0. The Morgan fingerprint density at radius 3 is 2.41 bits per heavy atom. The number of hydrogen-bond donors (Lipinski definition) is 1. The summed E-state index contributed by atoms with van der Waals surface area (Å²) in [6.07, 6.45) is 18.9. The Morgan fingerprint density at radius 2 is 1.66 bits per heavy atom. The summed E-state index contributed by atoms with van der Waals surface area (Å²) in [6, 6.07) is 4.23. The lowest BCUT2D eigenvalue weighted by atomic mass is 9.44. The van der Waals surface area contributed by atoms with Gasteiger partial charge in [0.05, 0.1) is 0 Å². The first-order valence-electron chi connectivity index (χ1n) is 17.7. The Bertz CT molecular complexity index is 1210. The van der Waals surface area contributed by atoms with Crippen molar-refractivity contribution < 1.29 is 29.0 Å². The summed E-state index contributed by atoms with van der Waals surface area (Å²) in [7, 11) is 0. The molecule has 4 aliphatic rings. The van der Waals surface area contributed by atoms with Crippen LogP contribution in [0.3, 0.4) is 0 Å². The number of hydrogen-bond acceptors (Lipinski definition) is 5. The second-order valence-electron chi connectivity index (χ2n) is 15.7. The van der Waals surface area contributed by atoms with E-state index in [2.05, 4.69) is 27.7 Å². The average molecular weight is 609 g/mol. The highest BCUT2D eigenvalue weighted by Crippen LogP contribution is 2.68. The van der Waals surface area contributed by atoms with Gasteiger partial charge in [0, 0.05) is 13.3 Å². The van der Waals surface area contributed by atoms with Crippen molar-refractivity contribution in [1.82, 2.24) is 0 Å². The number of carbonyl (C=O) groups is 3. The van der Waals surface area contributed by atoms with E-state index >= 15 is 0 Å². The predicted molar refractivity (Wildman–Crippen MR) is 172 cm³/mol. The van der Waals surface area contributed by atoms with Crippen LogP contribution >= 0.6 is 0 Å². The standard InChI is InChI=1S/C38H56O6/c1-24(15-20-34(40)44-35-29(36(41)42)13-9-14-33(35)43-26(3)39)10-8-11-25(2)30-18-19-31-28-17-16-27-12-6-7-22-37(27,4)32(28)21-23-38(30,31)5/h9,13-14,24-25,27-28,30-32H,6-8,10-12,15-23H2,1-5H3,(H,41,42)/t24?,25-,27?,28+,30-,31+,32+,37+,38-/m1/s1. The summed E-state index contributed by atoms with van der Waals surface area (Å²) >= 11 is 0. The Morgan fingerprint density at radius 1 is 0.886 bits per heavy atom. The molecule has 0 aliphatic heterocycles. The van der Waals surface area contributed by atoms with Gasteiger partial charge >= 0.3 is 17.9 Å². The number of benzene rings is 1. The molecule has 2 unspecified atom stereocenters. The largest absolute Gasteiger partial charge is 0.478 e. The van der Waals surface area contributed by atoms with Crippen molar-refractivity contribution in [3.8, 4) is 11.5 Å². The molecule has 4 fully saturated rings. The van der Waals surface area contributed by atoms with Crippen LogP contribution in [0.1, 0.15) is 141 Å². The van der Waals surface area contributed by atoms with Crippen LogP contribution in [-0.4, -0.2) is 23.0 Å². The third-order valence-corrected chi connectivity index (χ3v) is 13.2. The molecule has 44 heavy (non-hydrogen) atoms. The molecule has 0 amide bonds. The molecule has 6 nitrogen and oxygen atoms in total. The van der Waals surface area contributed by atoms with Gasteiger partial charge in [-0.15, -0.1) is 0 Å². The van der Waals surface area contributed by atoms with Gasteiger partial charge in [-0.05, 0) is 122 Å². The minimum atomic E-state index is -1.24. The molecule has 4 aliphatic carbocycles. The third kappa shape index (κ3) is 6.60. The van der Waals surface area contributed by atoms with Crippen LogP contribution in [0.15, 0.2) is 18.2 Å². The molecule has 6 heteroatoms. The van der Waals surface area contributed by atoms with Gasteiger partial charge in [0.2, 0.25) is 0 Å². The first-order valence-corrected chi connectivity index (χ1v) is 17.7. The van der Waals surface area contributed by atoms with E-state index in [4.69, 9.17) is 9.47 Å². The monoisotopic (exact) mass is 608 g/mol. The summed E-state index contributed by atoms with van der Waals surface area (Å²) in [5, 5.41) is 9.53. The number of carboxylic acids is 1. The second kappa shape index (κ2) is 13.5. The highest BCUT2D eigenvalue weighted by Gasteiger charge is 2.60. The van der Waals surface area contributed by atoms with E-state index in [1.807, 2.05) is 0 Å². The zero-order chi connectivity index (χ0) is 31.6. The molecule has 0 aromatic heterocycles. The van der Waals surface area contributed by atoms with Crippen molar-refractivity contribution in [2.75, 3.05) is 0 Å². The fourth-order valence-electron chi connectivity index (χ4n) is 11.0. The lowest BCUT2D eigenvalue weighted by molar-refractivity contribution is -0.136. The van der Waals surface area contributed by atoms with Crippen LogP contribution in [0, 0.1) is 52.3 Å². The molecule has 1 aromatic rings. The fraction of sp³-hybridized carbons (Fsp3) is 0.763. The van der Waals surface area contributed by atoms with Crippen LogP contribution in [0.5, 0.6) is 11.5 Å². The van der Waals surface area contributed by atoms with Crippen LogP contribution in [-0.2, 0) is 9.59 Å². The molecule has 0 saturated heterocycles. The van der Waals surface area contributed by atoms with Gasteiger partial charge in [0.25, 0.3) is 0 Å². The Labute approximate surface area is 265 Å². The number of rotatable bonds is 11. The smallest absolute Gasteiger partial charge is 0.339 e. The van der Waals surface area contributed by atoms with E-state index in [-0.39, 0.29) is 23.5 Å². The van der Waals surface area contributed by atoms with Crippen LogP contribution in [0.2, 0.25) is 0 Å². The van der Waals surface area contributed by atoms with E-state index < -0.39 is 17.9 Å². The van der Waals surface area contributed by atoms with Gasteiger partial charge in [-0.1, -0.05) is 65.9 Å². The zero-order valence-corrected chi connectivity index (χ0v) is 27.9. The molecule has 1 aromatic carbocycles. The van der Waals surface area contributed by atoms with Gasteiger partial charge in [0.1, 0.15) is 5.56 Å². The molecule has 4 saturated carbocycles. The number of ether oxygens (including phenoxy) is 2. The van der Waals surface area contributed by atoms with Gasteiger partial charge in [-0.25, -0.2) is 4.79 Å². The first kappa shape index (κ1) is 33.0. The predicted octanol–water partition coefficient (Wildman–Crippen LogP) is 9.49. The Kier molecular flexibility index (Phi) is 10.2. The van der Waals surface area contributed by atoms with Gasteiger partial charge in [-0.2, -0.15) is 0 Å². The molecule has 244 valence electrons. The maximum Gasteiger partial charge on any atom is 0.339 e. The van der Waals surface area contributed by atoms with Gasteiger partial charge in [0.15, 0.2) is 11.5 Å². The molecule has 9 atom stereocenters. The maximum atomic E-state index is 12.7. The summed E-state index contributed by atoms with van der Waals surface area (Å²) in [4.78, 5) is 35.8. The van der Waals surface area contributed by atoms with Gasteiger partial charge in [-0.3, -0.25) is 9.59 Å². The Balaban J connectivity index is 1.09. The summed E-state index contributed by atoms with van der Waals surface area (Å²) in [6.45, 7) is 11.3. The molecular weight excluding hydrogens is 552 g/mol. The van der Waals surface area contributed by atoms with E-state index in [1.54, 1.807) is 0 Å². The minimum Gasteiger partial charge on any atom is -0.478 e. The summed E-state index contributed by atoms with van der Waals surface area (Å²) < 4.78 is 10.5. The first-order chi connectivity index (χ1) is 20.9. The van der Waals surface area contributed by atoms with E-state index in [0.29, 0.717) is 23.2 Å². The van der Waals surface area contributed by atoms with E-state index in [9.17, 15) is 19.5 Å². The van der Waals surface area contributed by atoms with E-state index in [0.717, 1.165) is 41.9 Å². The molecule has 0 radical (unpaired) electrons. The molecule has 1 N–H and O–H groups in total. The molecule has 0 spiro atoms. The van der Waals surface area contributed by atoms with Crippen molar-refractivity contribution >= 4 is 17.9 Å². The van der Waals surface area contributed by atoms with Crippen LogP contribution < -0.4 is 9.47 Å². The number of carbonyl (C=O) groups excluding carboxylic acids is 2. The average Bonchev–Trinajstić information content (AvgIpc) is 3.33. The minimum absolute atomic E-state index is 0.0556. The number of aromatic carboxylic acids is 1. The Hall–Kier alpha value is -2.37. The van der Waals surface area contributed by atoms with Crippen molar-refractivity contribution in [3.63, 3.8) is 0 Å². The number of para-hydroxylation sites is 1. The quantitative estimate of drug-likeness (QED) is 0.199. The van der Waals surface area contributed by atoms with E-state index in [1.165, 1.54) is 102 Å². The number of esters is 2. The topological polar surface area (TPSA) is 89.9 Å². The lowest BCUT2D eigenvalue weighted by Gasteiger charge is -2.61. The summed E-state index contributed by atoms with van der Waals surface area (Å²) in [5.41, 5.74) is 0.913. The third-order valence-electron chi connectivity index (χ3n) is 13.2. The van der Waals surface area contributed by atoms with Crippen molar-refractivity contribution in [2.24, 2.45) is 52.3 Å². The molecular formula is C38H56O6. The lowest BCUT2D eigenvalue weighted by Crippen LogP contribution is -2.53. The van der Waals surface area contributed by atoms with Gasteiger partial charge < -0.3 is 14.6 Å². The second-order valence-corrected chi connectivity index (χ2v) is 15.7. The van der Waals surface area contributed by atoms with Crippen LogP contribution in [0.4, 0.5) is 0 Å².